The van der Waals surface area contributed by atoms with E-state index in [9.17, 15) is 10.1 Å². The molecule has 2 rings (SSSR count). The highest BCUT2D eigenvalue weighted by atomic mass is 32.1. The second-order valence-corrected chi connectivity index (χ2v) is 3.57. The zero-order chi connectivity index (χ0) is 10.8. The fourth-order valence-electron chi connectivity index (χ4n) is 1.01. The van der Waals surface area contributed by atoms with Crippen LogP contribution in [-0.2, 0) is 6.54 Å². The van der Waals surface area contributed by atoms with Gasteiger partial charge in [0.1, 0.15) is 6.54 Å². The molecule has 15 heavy (non-hydrogen) atoms. The summed E-state index contributed by atoms with van der Waals surface area (Å²) < 4.78 is 1.34. The van der Waals surface area contributed by atoms with Crippen molar-refractivity contribution in [3.8, 4) is 0 Å². The van der Waals surface area contributed by atoms with Crippen LogP contribution in [0.2, 0.25) is 0 Å². The van der Waals surface area contributed by atoms with E-state index in [2.05, 4.69) is 15.1 Å². The summed E-state index contributed by atoms with van der Waals surface area (Å²) in [6, 6.07) is 0. The van der Waals surface area contributed by atoms with E-state index in [4.69, 9.17) is 5.73 Å². The van der Waals surface area contributed by atoms with Crippen LogP contribution >= 0.6 is 11.3 Å². The van der Waals surface area contributed by atoms with Gasteiger partial charge in [-0.05, 0) is 4.92 Å². The highest BCUT2D eigenvalue weighted by Crippen LogP contribution is 2.12. The average molecular weight is 226 g/mol. The Bertz CT molecular complexity index is 491. The first-order valence-electron chi connectivity index (χ1n) is 3.89. The Hall–Kier alpha value is -2.03. The first-order valence-corrected chi connectivity index (χ1v) is 4.77. The molecule has 0 spiro atoms. The summed E-state index contributed by atoms with van der Waals surface area (Å²) in [6.07, 6.45) is 1.29. The lowest BCUT2D eigenvalue weighted by Crippen LogP contribution is -2.01. The molecule has 0 fully saturated rings. The van der Waals surface area contributed by atoms with Gasteiger partial charge >= 0.3 is 5.95 Å². The molecule has 2 N–H and O–H groups in total. The molecule has 9 heteroatoms. The van der Waals surface area contributed by atoms with Crippen LogP contribution in [0.1, 0.15) is 5.69 Å². The second kappa shape index (κ2) is 3.61. The lowest BCUT2D eigenvalue weighted by Gasteiger charge is -1.90. The third kappa shape index (κ3) is 2.07. The minimum absolute atomic E-state index is 0.328. The maximum absolute atomic E-state index is 10.3. The van der Waals surface area contributed by atoms with Gasteiger partial charge in [0.2, 0.25) is 6.33 Å². The standard InChI is InChI=1S/C6H6N6O2S/c7-5-9-4(2-15-5)1-11-3-8-6(10-11)12(13)14/h2-3H,1H2,(H2,7,9). The van der Waals surface area contributed by atoms with Gasteiger partial charge in [-0.15, -0.1) is 11.3 Å². The van der Waals surface area contributed by atoms with Crippen LogP contribution in [-0.4, -0.2) is 24.7 Å². The minimum atomic E-state index is -0.647. The highest BCUT2D eigenvalue weighted by Gasteiger charge is 2.13. The highest BCUT2D eigenvalue weighted by molar-refractivity contribution is 7.13. The van der Waals surface area contributed by atoms with E-state index in [0.29, 0.717) is 17.4 Å². The van der Waals surface area contributed by atoms with Crippen LogP contribution in [0.15, 0.2) is 11.7 Å². The second-order valence-electron chi connectivity index (χ2n) is 2.68. The van der Waals surface area contributed by atoms with Crippen molar-refractivity contribution in [3.05, 3.63) is 27.5 Å². The van der Waals surface area contributed by atoms with Crippen molar-refractivity contribution >= 4 is 22.4 Å². The van der Waals surface area contributed by atoms with Crippen molar-refractivity contribution in [3.63, 3.8) is 0 Å². The van der Waals surface area contributed by atoms with Crippen LogP contribution in [0.4, 0.5) is 11.1 Å². The van der Waals surface area contributed by atoms with Crippen LogP contribution < -0.4 is 5.73 Å². The molecule has 2 heterocycles. The van der Waals surface area contributed by atoms with Crippen molar-refractivity contribution in [1.29, 1.82) is 0 Å². The number of anilines is 1. The van der Waals surface area contributed by atoms with Gasteiger partial charge in [0.05, 0.1) is 5.69 Å². The number of hydrogen-bond acceptors (Lipinski definition) is 7. The van der Waals surface area contributed by atoms with E-state index in [1.807, 2.05) is 0 Å². The zero-order valence-electron chi connectivity index (χ0n) is 7.40. The largest absolute Gasteiger partial charge is 0.490 e. The molecule has 0 aliphatic rings. The molecule has 2 aromatic heterocycles. The fourth-order valence-corrected chi connectivity index (χ4v) is 1.56. The van der Waals surface area contributed by atoms with Crippen LogP contribution in [0.5, 0.6) is 0 Å². The van der Waals surface area contributed by atoms with Crippen LogP contribution in [0, 0.1) is 10.1 Å². The normalized spacial score (nSPS) is 10.4. The van der Waals surface area contributed by atoms with Gasteiger partial charge in [0.15, 0.2) is 5.13 Å². The van der Waals surface area contributed by atoms with E-state index in [1.54, 1.807) is 5.38 Å². The first-order chi connectivity index (χ1) is 7.15. The molecule has 0 radical (unpaired) electrons. The van der Waals surface area contributed by atoms with Crippen LogP contribution in [0.25, 0.3) is 0 Å². The van der Waals surface area contributed by atoms with E-state index < -0.39 is 10.9 Å². The Balaban J connectivity index is 2.14. The Morgan fingerprint density at radius 3 is 3.00 bits per heavy atom. The minimum Gasteiger partial charge on any atom is -0.390 e. The Morgan fingerprint density at radius 1 is 1.67 bits per heavy atom. The Labute approximate surface area is 87.5 Å². The summed E-state index contributed by atoms with van der Waals surface area (Å²) in [5.41, 5.74) is 6.15. The molecule has 2 aromatic rings. The molecule has 0 atom stereocenters. The van der Waals surface area contributed by atoms with Crippen molar-refractivity contribution in [2.45, 2.75) is 6.54 Å². The van der Waals surface area contributed by atoms with E-state index >= 15 is 0 Å². The maximum Gasteiger partial charge on any atom is 0.490 e. The fraction of sp³-hybridized carbons (Fsp3) is 0.167. The lowest BCUT2D eigenvalue weighted by atomic mass is 10.5. The molecule has 0 saturated heterocycles. The monoisotopic (exact) mass is 226 g/mol. The first kappa shape index (κ1) is 9.52. The summed E-state index contributed by atoms with van der Waals surface area (Å²) in [7, 11) is 0. The molecule has 78 valence electrons. The number of thiazole rings is 1. The van der Waals surface area contributed by atoms with Gasteiger partial charge in [-0.25, -0.2) is 4.98 Å². The Morgan fingerprint density at radius 2 is 2.47 bits per heavy atom. The summed E-state index contributed by atoms with van der Waals surface area (Å²) >= 11 is 1.31. The summed E-state index contributed by atoms with van der Waals surface area (Å²) in [4.78, 5) is 17.2. The van der Waals surface area contributed by atoms with Gasteiger partial charge in [0.25, 0.3) is 0 Å². The average Bonchev–Trinajstić information content (AvgIpc) is 2.76. The third-order valence-corrected chi connectivity index (χ3v) is 2.30. The number of rotatable bonds is 3. The molecule has 0 saturated carbocycles. The smallest absolute Gasteiger partial charge is 0.390 e. The topological polar surface area (TPSA) is 113 Å². The molecule has 0 aromatic carbocycles. The van der Waals surface area contributed by atoms with Crippen molar-refractivity contribution in [2.24, 2.45) is 0 Å². The van der Waals surface area contributed by atoms with E-state index in [1.165, 1.54) is 22.3 Å². The molecule has 0 amide bonds. The molecule has 8 nitrogen and oxygen atoms in total. The van der Waals surface area contributed by atoms with Crippen LogP contribution in [0.3, 0.4) is 0 Å². The predicted molar refractivity (Wildman–Crippen MR) is 52.3 cm³/mol. The zero-order valence-corrected chi connectivity index (χ0v) is 8.22. The van der Waals surface area contributed by atoms with Crippen molar-refractivity contribution < 1.29 is 4.92 Å². The summed E-state index contributed by atoms with van der Waals surface area (Å²) in [5, 5.41) is 16.2. The molecule has 0 aliphatic carbocycles. The SMILES string of the molecule is Nc1nc(Cn2cnc([N+](=O)[O-])n2)cs1. The van der Waals surface area contributed by atoms with Crippen molar-refractivity contribution in [1.82, 2.24) is 19.7 Å². The number of hydrogen-bond donors (Lipinski definition) is 1. The number of nitrogens with zero attached hydrogens (tertiary/aromatic N) is 5. The van der Waals surface area contributed by atoms with Gasteiger partial charge in [-0.3, -0.25) is 0 Å². The molecule has 0 aliphatic heterocycles. The summed E-state index contributed by atoms with van der Waals surface area (Å²) in [6.45, 7) is 0.328. The predicted octanol–water partition coefficient (Wildman–Crippen LogP) is 0.273. The number of nitro groups is 1. The maximum atomic E-state index is 10.3. The quantitative estimate of drug-likeness (QED) is 0.593. The van der Waals surface area contributed by atoms with Gasteiger partial charge in [-0.2, -0.15) is 4.68 Å². The van der Waals surface area contributed by atoms with E-state index in [-0.39, 0.29) is 0 Å². The summed E-state index contributed by atoms with van der Waals surface area (Å²) in [5.74, 6) is -0.418. The number of nitrogens with two attached hydrogens (primary N) is 1. The van der Waals surface area contributed by atoms with E-state index in [0.717, 1.165) is 0 Å². The lowest BCUT2D eigenvalue weighted by molar-refractivity contribution is -0.394. The third-order valence-electron chi connectivity index (χ3n) is 1.58. The van der Waals surface area contributed by atoms with Gasteiger partial charge in [-0.1, -0.05) is 4.98 Å². The molecule has 0 unspecified atom stereocenters. The molecular formula is C6H6N6O2S. The van der Waals surface area contributed by atoms with Crippen molar-refractivity contribution in [2.75, 3.05) is 5.73 Å². The number of nitrogen functional groups attached to an aromatic ring is 1. The Kier molecular flexibility index (Phi) is 2.29. The van der Waals surface area contributed by atoms with Gasteiger partial charge < -0.3 is 15.8 Å². The molecular weight excluding hydrogens is 220 g/mol. The molecule has 0 bridgehead atoms. The number of aromatic nitrogens is 4. The van der Waals surface area contributed by atoms with Gasteiger partial charge in [0, 0.05) is 10.5 Å².